The first kappa shape index (κ1) is 39.4. The van der Waals surface area contributed by atoms with Crippen LogP contribution in [0.4, 0.5) is 0 Å². The summed E-state index contributed by atoms with van der Waals surface area (Å²) in [6, 6.07) is 26.6. The molecule has 1 unspecified atom stereocenters. The van der Waals surface area contributed by atoms with E-state index in [0.29, 0.717) is 11.3 Å². The molecule has 0 N–H and O–H groups in total. The summed E-state index contributed by atoms with van der Waals surface area (Å²) in [5.41, 5.74) is 7.67. The first-order valence-corrected chi connectivity index (χ1v) is 16.2. The zero-order chi connectivity index (χ0) is 30.8. The molecular formula is C40H50Cl2Zr-2. The van der Waals surface area contributed by atoms with Gasteiger partial charge >= 0.3 is 70.3 Å². The van der Waals surface area contributed by atoms with E-state index in [1.165, 1.54) is 76.8 Å². The Morgan fingerprint density at radius 1 is 0.698 bits per heavy atom. The van der Waals surface area contributed by atoms with E-state index in [1.807, 2.05) is 6.07 Å². The summed E-state index contributed by atoms with van der Waals surface area (Å²) >= 11 is 1.51. The van der Waals surface area contributed by atoms with Crippen LogP contribution in [-0.2, 0) is 35.1 Å². The Morgan fingerprint density at radius 3 is 1.42 bits per heavy atom. The van der Waals surface area contributed by atoms with Crippen LogP contribution in [0.2, 0.25) is 0 Å². The molecule has 5 rings (SSSR count). The van der Waals surface area contributed by atoms with Crippen molar-refractivity contribution in [2.75, 3.05) is 0 Å². The van der Waals surface area contributed by atoms with Gasteiger partial charge in [0.1, 0.15) is 0 Å². The molecule has 0 aromatic heterocycles. The van der Waals surface area contributed by atoms with Crippen molar-refractivity contribution in [3.05, 3.63) is 113 Å². The van der Waals surface area contributed by atoms with Crippen molar-refractivity contribution in [2.24, 2.45) is 11.3 Å². The Bertz CT molecular complexity index is 1490. The normalized spacial score (nSPS) is 14.8. The monoisotopic (exact) mass is 690 g/mol. The van der Waals surface area contributed by atoms with Crippen LogP contribution in [0.1, 0.15) is 99.8 Å². The largest absolute Gasteiger partial charge is 1.00 e. The molecule has 0 heterocycles. The minimum Gasteiger partial charge on any atom is -1.00 e. The van der Waals surface area contributed by atoms with Crippen LogP contribution in [0, 0.1) is 17.4 Å². The molecule has 0 fully saturated rings. The van der Waals surface area contributed by atoms with E-state index < -0.39 is 0 Å². The van der Waals surface area contributed by atoms with E-state index in [4.69, 9.17) is 0 Å². The zero-order valence-electron chi connectivity index (χ0n) is 28.3. The molecule has 1 aliphatic rings. The van der Waals surface area contributed by atoms with Crippen LogP contribution < -0.4 is 24.8 Å². The van der Waals surface area contributed by atoms with Crippen molar-refractivity contribution in [3.63, 3.8) is 0 Å². The van der Waals surface area contributed by atoms with Gasteiger partial charge in [0.2, 0.25) is 0 Å². The van der Waals surface area contributed by atoms with Gasteiger partial charge in [-0.15, -0.1) is 39.7 Å². The van der Waals surface area contributed by atoms with Crippen LogP contribution in [0.15, 0.2) is 90.0 Å². The maximum absolute atomic E-state index is 3.40. The molecule has 0 amide bonds. The van der Waals surface area contributed by atoms with Gasteiger partial charge in [0.05, 0.1) is 0 Å². The fraction of sp³-hybridized carbons (Fsp3) is 0.400. The second-order valence-corrected chi connectivity index (χ2v) is 16.5. The SMILES string of the molecule is CC(C)(C)c1ccc2[cH-]c3ccc(C(C)(C)C)cc3c2c1.CC1=[C-]C(C)C=C1C(C)(C)C.C[C](=[Zr+2])c1ccccc1.[Cl-].[Cl-]. The molecule has 0 nitrogen and oxygen atoms in total. The van der Waals surface area contributed by atoms with Gasteiger partial charge in [0.15, 0.2) is 0 Å². The summed E-state index contributed by atoms with van der Waals surface area (Å²) in [6.45, 7) is 26.9. The Balaban J connectivity index is 0.000000356. The van der Waals surface area contributed by atoms with Crippen molar-refractivity contribution in [1.29, 1.82) is 0 Å². The van der Waals surface area contributed by atoms with E-state index in [9.17, 15) is 0 Å². The van der Waals surface area contributed by atoms with Gasteiger partial charge in [-0.2, -0.15) is 11.6 Å². The molecule has 0 saturated heterocycles. The maximum atomic E-state index is 3.40. The molecule has 1 aliphatic carbocycles. The first-order chi connectivity index (χ1) is 18.9. The maximum Gasteiger partial charge on any atom is -1.00 e. The summed E-state index contributed by atoms with van der Waals surface area (Å²) in [6.07, 6.45) is 5.71. The number of benzene rings is 3. The summed E-state index contributed by atoms with van der Waals surface area (Å²) in [5, 5.41) is 5.49. The van der Waals surface area contributed by atoms with Crippen LogP contribution in [0.25, 0.3) is 21.5 Å². The van der Waals surface area contributed by atoms with E-state index >= 15 is 0 Å². The van der Waals surface area contributed by atoms with Crippen molar-refractivity contribution in [2.45, 2.75) is 93.9 Å². The van der Waals surface area contributed by atoms with Gasteiger partial charge in [-0.05, 0) is 10.8 Å². The van der Waals surface area contributed by atoms with Crippen molar-refractivity contribution in [3.8, 4) is 0 Å². The molecule has 43 heavy (non-hydrogen) atoms. The molecule has 0 bridgehead atoms. The average molecular weight is 693 g/mol. The molecule has 1 atom stereocenters. The molecule has 4 aromatic rings. The van der Waals surface area contributed by atoms with Crippen LogP contribution in [0.5, 0.6) is 0 Å². The van der Waals surface area contributed by atoms with Crippen molar-refractivity contribution >= 4 is 24.8 Å². The Labute approximate surface area is 290 Å². The van der Waals surface area contributed by atoms with E-state index in [1.54, 1.807) is 0 Å². The molecular weight excluding hydrogens is 643 g/mol. The second kappa shape index (κ2) is 15.6. The van der Waals surface area contributed by atoms with E-state index in [-0.39, 0.29) is 35.6 Å². The fourth-order valence-electron chi connectivity index (χ4n) is 5.27. The predicted molar refractivity (Wildman–Crippen MR) is 180 cm³/mol. The number of hydrogen-bond acceptors (Lipinski definition) is 0. The van der Waals surface area contributed by atoms with Gasteiger partial charge < -0.3 is 24.8 Å². The Hall–Kier alpha value is -1.66. The fourth-order valence-corrected chi connectivity index (χ4v) is 5.68. The summed E-state index contributed by atoms with van der Waals surface area (Å²) in [5.74, 6) is 0.518. The minimum atomic E-state index is 0. The Morgan fingerprint density at radius 2 is 1.14 bits per heavy atom. The van der Waals surface area contributed by atoms with Gasteiger partial charge in [0, 0.05) is 0 Å². The van der Waals surface area contributed by atoms with E-state index in [2.05, 4.69) is 162 Å². The quantitative estimate of drug-likeness (QED) is 0.233. The molecule has 3 heteroatoms. The first-order valence-electron chi connectivity index (χ1n) is 15.0. The van der Waals surface area contributed by atoms with Crippen molar-refractivity contribution in [1.82, 2.24) is 0 Å². The van der Waals surface area contributed by atoms with Gasteiger partial charge in [-0.3, -0.25) is 6.08 Å². The predicted octanol–water partition coefficient (Wildman–Crippen LogP) is 5.45. The number of fused-ring (bicyclic) bond motifs is 3. The molecule has 0 aliphatic heterocycles. The summed E-state index contributed by atoms with van der Waals surface area (Å²) < 4.78 is 1.46. The average Bonchev–Trinajstić information content (AvgIpc) is 3.42. The molecule has 0 radical (unpaired) electrons. The second-order valence-electron chi connectivity index (χ2n) is 14.6. The van der Waals surface area contributed by atoms with Gasteiger partial charge in [0.25, 0.3) is 0 Å². The third kappa shape index (κ3) is 10.7. The van der Waals surface area contributed by atoms with Gasteiger partial charge in [-0.1, -0.05) is 123 Å². The smallest absolute Gasteiger partial charge is 1.00 e. The summed E-state index contributed by atoms with van der Waals surface area (Å²) in [7, 11) is 0. The van der Waals surface area contributed by atoms with Gasteiger partial charge in [-0.25, -0.2) is 5.57 Å². The molecule has 0 spiro atoms. The zero-order valence-corrected chi connectivity index (χ0v) is 32.3. The third-order valence-electron chi connectivity index (χ3n) is 7.72. The third-order valence-corrected chi connectivity index (χ3v) is 8.43. The number of rotatable bonds is 1. The topological polar surface area (TPSA) is 0 Å². The minimum absolute atomic E-state index is 0. The van der Waals surface area contributed by atoms with Crippen LogP contribution >= 0.6 is 0 Å². The molecule has 0 saturated carbocycles. The molecule has 4 aromatic carbocycles. The number of hydrogen-bond donors (Lipinski definition) is 0. The van der Waals surface area contributed by atoms with Crippen LogP contribution in [0.3, 0.4) is 0 Å². The Kier molecular flexibility index (Phi) is 14.2. The summed E-state index contributed by atoms with van der Waals surface area (Å²) in [4.78, 5) is 0. The number of allylic oxidation sites excluding steroid dienone is 4. The standard InChI is InChI=1S/C21H25.C11H17.C8H8.2ClH.Zr/c1-20(2,3)16-9-7-14-11-15-8-10-17(21(4,5)6)13-19(15)18(14)12-16;1-8-6-9(2)10(7-8)11(3,4)5;1-2-8-6-4-3-5-7-8;;;/h7-13H,1-6H3;7-8H,1-5H3;3-7H,1H3;2*1H;/q2*-1;;;;+2/p-2. The van der Waals surface area contributed by atoms with Crippen LogP contribution in [-0.4, -0.2) is 3.21 Å². The molecule has 230 valence electrons. The van der Waals surface area contributed by atoms with E-state index in [0.717, 1.165) is 0 Å². The number of halogens is 2. The van der Waals surface area contributed by atoms with Crippen molar-refractivity contribution < 1.29 is 49.0 Å².